The van der Waals surface area contributed by atoms with Crippen molar-refractivity contribution in [1.29, 1.82) is 0 Å². The number of aromatic nitrogens is 2. The van der Waals surface area contributed by atoms with E-state index in [1.165, 1.54) is 16.7 Å². The molecule has 4 aromatic rings. The minimum absolute atomic E-state index is 0.0914. The summed E-state index contributed by atoms with van der Waals surface area (Å²) in [5.74, 6) is 0.846. The van der Waals surface area contributed by atoms with Crippen LogP contribution in [0.2, 0.25) is 0 Å². The van der Waals surface area contributed by atoms with Gasteiger partial charge in [-0.25, -0.2) is 4.98 Å². The molecule has 3 atom stereocenters. The minimum Gasteiger partial charge on any atom is -0.491 e. The molecule has 1 aromatic heterocycles. The molecular formula is C28H30N4O2. The highest BCUT2D eigenvalue weighted by atomic mass is 16.5. The van der Waals surface area contributed by atoms with Crippen molar-refractivity contribution in [2.75, 3.05) is 19.8 Å². The first-order valence-corrected chi connectivity index (χ1v) is 11.7. The van der Waals surface area contributed by atoms with Crippen LogP contribution in [0.5, 0.6) is 5.75 Å². The van der Waals surface area contributed by atoms with Gasteiger partial charge in [-0.3, -0.25) is 5.32 Å². The lowest BCUT2D eigenvalue weighted by Crippen LogP contribution is -2.53. The Kier molecular flexibility index (Phi) is 7.31. The number of imidazole rings is 1. The summed E-state index contributed by atoms with van der Waals surface area (Å²) in [6, 6.07) is 29.6. The molecule has 0 radical (unpaired) electrons. The second-order valence-electron chi connectivity index (χ2n) is 8.44. The van der Waals surface area contributed by atoms with E-state index in [4.69, 9.17) is 9.47 Å². The molecule has 5 rings (SSSR count). The van der Waals surface area contributed by atoms with Gasteiger partial charge in [0, 0.05) is 25.5 Å². The predicted octanol–water partition coefficient (Wildman–Crippen LogP) is 4.33. The zero-order valence-corrected chi connectivity index (χ0v) is 19.1. The maximum atomic E-state index is 6.13. The molecule has 0 amide bonds. The molecule has 0 bridgehead atoms. The maximum absolute atomic E-state index is 6.13. The molecule has 6 nitrogen and oxygen atoms in total. The van der Waals surface area contributed by atoms with E-state index in [2.05, 4.69) is 82.3 Å². The number of benzene rings is 3. The summed E-state index contributed by atoms with van der Waals surface area (Å²) in [5.41, 5.74) is 3.71. The molecule has 6 heteroatoms. The lowest BCUT2D eigenvalue weighted by Gasteiger charge is -2.39. The number of hydrogen-bond acceptors (Lipinski definition) is 5. The Bertz CT molecular complexity index is 1120. The van der Waals surface area contributed by atoms with Crippen molar-refractivity contribution in [1.82, 2.24) is 20.2 Å². The summed E-state index contributed by atoms with van der Waals surface area (Å²) in [7, 11) is 0. The molecule has 1 fully saturated rings. The van der Waals surface area contributed by atoms with Gasteiger partial charge in [-0.15, -0.1) is 0 Å². The normalized spacial score (nSPS) is 20.2. The van der Waals surface area contributed by atoms with E-state index in [-0.39, 0.29) is 18.3 Å². The van der Waals surface area contributed by atoms with Crippen LogP contribution in [-0.4, -0.2) is 35.5 Å². The van der Waals surface area contributed by atoms with Crippen molar-refractivity contribution in [3.63, 3.8) is 0 Å². The summed E-state index contributed by atoms with van der Waals surface area (Å²) in [6.45, 7) is 2.53. The van der Waals surface area contributed by atoms with Gasteiger partial charge in [0.15, 0.2) is 0 Å². The molecule has 0 spiro atoms. The van der Waals surface area contributed by atoms with Crippen molar-refractivity contribution in [2.24, 2.45) is 0 Å². The summed E-state index contributed by atoms with van der Waals surface area (Å²) in [4.78, 5) is 4.08. The number of ether oxygens (including phenoxy) is 2. The Balaban J connectivity index is 1.13. The first-order chi connectivity index (χ1) is 16.8. The van der Waals surface area contributed by atoms with Crippen LogP contribution >= 0.6 is 0 Å². The summed E-state index contributed by atoms with van der Waals surface area (Å²) in [6.07, 6.45) is 5.48. The first-order valence-electron chi connectivity index (χ1n) is 11.7. The van der Waals surface area contributed by atoms with Gasteiger partial charge >= 0.3 is 0 Å². The highest BCUT2D eigenvalue weighted by Gasteiger charge is 2.31. The van der Waals surface area contributed by atoms with Crippen LogP contribution < -0.4 is 15.4 Å². The largest absolute Gasteiger partial charge is 0.491 e. The van der Waals surface area contributed by atoms with Crippen molar-refractivity contribution in [3.8, 4) is 5.75 Å². The van der Waals surface area contributed by atoms with Crippen LogP contribution in [0.1, 0.15) is 28.8 Å². The van der Waals surface area contributed by atoms with Gasteiger partial charge in [-0.2, -0.15) is 0 Å². The molecule has 0 saturated carbocycles. The predicted molar refractivity (Wildman–Crippen MR) is 133 cm³/mol. The Labute approximate surface area is 200 Å². The lowest BCUT2D eigenvalue weighted by molar-refractivity contribution is -0.0133. The minimum atomic E-state index is -0.0914. The van der Waals surface area contributed by atoms with Gasteiger partial charge in [0.05, 0.1) is 25.0 Å². The Morgan fingerprint density at radius 1 is 0.824 bits per heavy atom. The molecule has 1 saturated heterocycles. The molecule has 3 unspecified atom stereocenters. The molecular weight excluding hydrogens is 424 g/mol. The molecule has 174 valence electrons. The highest BCUT2D eigenvalue weighted by Crippen LogP contribution is 2.31. The van der Waals surface area contributed by atoms with E-state index in [1.807, 2.05) is 35.3 Å². The Hall–Kier alpha value is -3.45. The fourth-order valence-electron chi connectivity index (χ4n) is 4.37. The monoisotopic (exact) mass is 454 g/mol. The lowest BCUT2D eigenvalue weighted by atomic mass is 9.91. The van der Waals surface area contributed by atoms with Crippen LogP contribution in [0.25, 0.3) is 0 Å². The van der Waals surface area contributed by atoms with Gasteiger partial charge in [0.25, 0.3) is 0 Å². The molecule has 0 aliphatic carbocycles. The summed E-state index contributed by atoms with van der Waals surface area (Å²) < 4.78 is 14.1. The molecule has 3 aromatic carbocycles. The van der Waals surface area contributed by atoms with Crippen LogP contribution in [0.15, 0.2) is 104 Å². The van der Waals surface area contributed by atoms with E-state index >= 15 is 0 Å². The topological polar surface area (TPSA) is 60.3 Å². The van der Waals surface area contributed by atoms with E-state index in [1.54, 1.807) is 6.20 Å². The third-order valence-corrected chi connectivity index (χ3v) is 6.06. The summed E-state index contributed by atoms with van der Waals surface area (Å²) >= 11 is 0. The molecule has 1 aliphatic rings. The number of piperazine rings is 1. The third-order valence-electron chi connectivity index (χ3n) is 6.06. The van der Waals surface area contributed by atoms with Crippen LogP contribution in [0, 0.1) is 0 Å². The highest BCUT2D eigenvalue weighted by molar-refractivity contribution is 5.29. The van der Waals surface area contributed by atoms with Crippen molar-refractivity contribution in [2.45, 2.75) is 24.9 Å². The first kappa shape index (κ1) is 22.3. The molecule has 2 N–H and O–H groups in total. The van der Waals surface area contributed by atoms with E-state index in [0.29, 0.717) is 13.2 Å². The molecule has 1 aliphatic heterocycles. The Morgan fingerprint density at radius 3 is 2.21 bits per heavy atom. The average Bonchev–Trinajstić information content (AvgIpc) is 3.42. The summed E-state index contributed by atoms with van der Waals surface area (Å²) in [5, 5.41) is 7.38. The zero-order chi connectivity index (χ0) is 23.0. The fourth-order valence-corrected chi connectivity index (χ4v) is 4.37. The van der Waals surface area contributed by atoms with Gasteiger partial charge in [0.2, 0.25) is 0 Å². The van der Waals surface area contributed by atoms with E-state index in [9.17, 15) is 0 Å². The fraction of sp³-hybridized carbons (Fsp3) is 0.250. The second kappa shape index (κ2) is 11.1. The Morgan fingerprint density at radius 2 is 1.53 bits per heavy atom. The maximum Gasteiger partial charge on any atom is 0.121 e. The van der Waals surface area contributed by atoms with Crippen molar-refractivity contribution < 1.29 is 9.47 Å². The SMILES string of the molecule is c1ccc(C2NCC(OCCOc3ccc(Cn4ccnc4)cc3)NC2c2ccccc2)cc1. The van der Waals surface area contributed by atoms with Crippen LogP contribution in [0.3, 0.4) is 0 Å². The van der Waals surface area contributed by atoms with Gasteiger partial charge in [0.1, 0.15) is 18.6 Å². The number of hydrogen-bond donors (Lipinski definition) is 2. The third kappa shape index (κ3) is 5.72. The average molecular weight is 455 g/mol. The van der Waals surface area contributed by atoms with Crippen molar-refractivity contribution in [3.05, 3.63) is 120 Å². The van der Waals surface area contributed by atoms with E-state index in [0.717, 1.165) is 18.8 Å². The zero-order valence-electron chi connectivity index (χ0n) is 19.1. The number of nitrogens with zero attached hydrogens (tertiary/aromatic N) is 2. The quantitative estimate of drug-likeness (QED) is 0.369. The standard InChI is InChI=1S/C28H30N4O2/c1-3-7-23(8-4-1)27-28(24-9-5-2-6-10-24)31-26(19-30-27)34-18-17-33-25-13-11-22(12-14-25)20-32-16-15-29-21-32/h1-16,21,26-28,30-31H,17-20H2. The van der Waals surface area contributed by atoms with Gasteiger partial charge in [-0.1, -0.05) is 72.8 Å². The van der Waals surface area contributed by atoms with Crippen LogP contribution in [-0.2, 0) is 11.3 Å². The molecule has 2 heterocycles. The van der Waals surface area contributed by atoms with Crippen molar-refractivity contribution >= 4 is 0 Å². The number of rotatable bonds is 9. The smallest absolute Gasteiger partial charge is 0.121 e. The van der Waals surface area contributed by atoms with Crippen LogP contribution in [0.4, 0.5) is 0 Å². The molecule has 34 heavy (non-hydrogen) atoms. The van der Waals surface area contributed by atoms with E-state index < -0.39 is 0 Å². The van der Waals surface area contributed by atoms with Gasteiger partial charge < -0.3 is 19.4 Å². The number of nitrogens with one attached hydrogen (secondary N) is 2. The second-order valence-corrected chi connectivity index (χ2v) is 8.44. The van der Waals surface area contributed by atoms with Gasteiger partial charge in [-0.05, 0) is 28.8 Å².